The molecule has 0 bridgehead atoms. The summed E-state index contributed by atoms with van der Waals surface area (Å²) in [4.78, 5) is 14.3. The summed E-state index contributed by atoms with van der Waals surface area (Å²) in [7, 11) is 0. The number of aromatic nitrogens is 4. The topological polar surface area (TPSA) is 63.6 Å². The zero-order valence-electron chi connectivity index (χ0n) is 10.2. The lowest BCUT2D eigenvalue weighted by molar-refractivity contribution is 1.05. The van der Waals surface area contributed by atoms with Crippen molar-refractivity contribution in [2.45, 2.75) is 17.0 Å². The lowest BCUT2D eigenvalue weighted by Gasteiger charge is -2.06. The predicted octanol–water partition coefficient (Wildman–Crippen LogP) is 3.27. The first-order valence-corrected chi connectivity index (χ1v) is 8.38. The van der Waals surface area contributed by atoms with Gasteiger partial charge < -0.3 is 5.32 Å². The van der Waals surface area contributed by atoms with Gasteiger partial charge in [-0.2, -0.15) is 4.37 Å². The van der Waals surface area contributed by atoms with E-state index in [9.17, 15) is 0 Å². The van der Waals surface area contributed by atoms with Crippen LogP contribution in [-0.4, -0.2) is 25.9 Å². The minimum Gasteiger partial charge on any atom is -0.370 e. The second-order valence-corrected chi connectivity index (χ2v) is 6.55. The van der Waals surface area contributed by atoms with Gasteiger partial charge in [0.05, 0.1) is 11.1 Å². The van der Waals surface area contributed by atoms with E-state index in [1.807, 2.05) is 5.38 Å². The van der Waals surface area contributed by atoms with Crippen LogP contribution < -0.4 is 5.32 Å². The highest BCUT2D eigenvalue weighted by molar-refractivity contribution is 8.00. The maximum absolute atomic E-state index is 4.58. The van der Waals surface area contributed by atoms with Gasteiger partial charge in [0, 0.05) is 6.54 Å². The number of nitrogens with one attached hydrogen (secondary N) is 1. The van der Waals surface area contributed by atoms with Gasteiger partial charge in [0.1, 0.15) is 22.8 Å². The SMILES string of the molecule is CCNc1nc(CSc2ncns2)nc2sccc12. The summed E-state index contributed by atoms with van der Waals surface area (Å²) in [5.41, 5.74) is 0. The van der Waals surface area contributed by atoms with E-state index in [2.05, 4.69) is 37.6 Å². The average molecular weight is 309 g/mol. The average Bonchev–Trinajstić information content (AvgIpc) is 3.08. The molecule has 1 N–H and O–H groups in total. The summed E-state index contributed by atoms with van der Waals surface area (Å²) in [5, 5.41) is 6.43. The van der Waals surface area contributed by atoms with Crippen LogP contribution in [0, 0.1) is 0 Å². The fraction of sp³-hybridized carbons (Fsp3) is 0.273. The molecule has 0 saturated heterocycles. The fourth-order valence-electron chi connectivity index (χ4n) is 1.62. The van der Waals surface area contributed by atoms with Crippen molar-refractivity contribution >= 4 is 50.7 Å². The largest absolute Gasteiger partial charge is 0.370 e. The van der Waals surface area contributed by atoms with Crippen molar-refractivity contribution in [2.75, 3.05) is 11.9 Å². The van der Waals surface area contributed by atoms with Crippen LogP contribution >= 0.6 is 34.6 Å². The Bertz CT molecular complexity index is 664. The molecule has 98 valence electrons. The molecule has 0 saturated carbocycles. The van der Waals surface area contributed by atoms with E-state index >= 15 is 0 Å². The molecule has 0 aliphatic carbocycles. The van der Waals surface area contributed by atoms with Crippen LogP contribution in [0.15, 0.2) is 22.1 Å². The summed E-state index contributed by atoms with van der Waals surface area (Å²) in [5.74, 6) is 2.45. The van der Waals surface area contributed by atoms with Crippen LogP contribution in [0.1, 0.15) is 12.7 Å². The molecule has 3 heterocycles. The Morgan fingerprint density at radius 3 is 3.11 bits per heavy atom. The summed E-state index contributed by atoms with van der Waals surface area (Å²) in [6.07, 6.45) is 1.57. The summed E-state index contributed by atoms with van der Waals surface area (Å²) < 4.78 is 4.93. The summed E-state index contributed by atoms with van der Waals surface area (Å²) >= 11 is 4.65. The van der Waals surface area contributed by atoms with Crippen molar-refractivity contribution < 1.29 is 0 Å². The molecule has 0 aromatic carbocycles. The lowest BCUT2D eigenvalue weighted by Crippen LogP contribution is -2.03. The summed E-state index contributed by atoms with van der Waals surface area (Å²) in [6.45, 7) is 2.92. The third-order valence-electron chi connectivity index (χ3n) is 2.38. The van der Waals surface area contributed by atoms with Crippen molar-refractivity contribution in [1.29, 1.82) is 0 Å². The van der Waals surface area contributed by atoms with Crippen LogP contribution in [0.4, 0.5) is 5.82 Å². The molecular weight excluding hydrogens is 298 g/mol. The third kappa shape index (κ3) is 2.85. The number of fused-ring (bicyclic) bond motifs is 1. The number of hydrogen-bond donors (Lipinski definition) is 1. The molecule has 0 fully saturated rings. The molecule has 0 spiro atoms. The molecular formula is C11H11N5S3. The van der Waals surface area contributed by atoms with Gasteiger partial charge in [0.15, 0.2) is 4.34 Å². The Morgan fingerprint density at radius 1 is 1.37 bits per heavy atom. The number of nitrogens with zero attached hydrogens (tertiary/aromatic N) is 4. The monoisotopic (exact) mass is 309 g/mol. The van der Waals surface area contributed by atoms with E-state index < -0.39 is 0 Å². The number of anilines is 1. The molecule has 0 atom stereocenters. The number of thiophene rings is 1. The highest BCUT2D eigenvalue weighted by Crippen LogP contribution is 2.27. The zero-order valence-corrected chi connectivity index (χ0v) is 12.6. The second-order valence-electron chi connectivity index (χ2n) is 3.65. The van der Waals surface area contributed by atoms with Gasteiger partial charge in [-0.3, -0.25) is 0 Å². The van der Waals surface area contributed by atoms with Crippen molar-refractivity contribution in [3.05, 3.63) is 23.6 Å². The molecule has 0 unspecified atom stereocenters. The van der Waals surface area contributed by atoms with Gasteiger partial charge in [0.2, 0.25) is 0 Å². The minimum atomic E-state index is 0.710. The molecule has 0 aliphatic rings. The van der Waals surface area contributed by atoms with Crippen LogP contribution in [0.2, 0.25) is 0 Å². The first-order chi connectivity index (χ1) is 9.36. The molecule has 0 aliphatic heterocycles. The maximum atomic E-state index is 4.58. The van der Waals surface area contributed by atoms with E-state index in [1.54, 1.807) is 29.4 Å². The van der Waals surface area contributed by atoms with Gasteiger partial charge >= 0.3 is 0 Å². The van der Waals surface area contributed by atoms with Gasteiger partial charge in [-0.1, -0.05) is 11.8 Å². The Balaban J connectivity index is 1.86. The molecule has 3 aromatic rings. The van der Waals surface area contributed by atoms with Gasteiger partial charge in [-0.25, -0.2) is 15.0 Å². The van der Waals surface area contributed by atoms with Crippen LogP contribution in [-0.2, 0) is 5.75 Å². The van der Waals surface area contributed by atoms with Crippen molar-refractivity contribution in [2.24, 2.45) is 0 Å². The number of rotatable bonds is 5. The summed E-state index contributed by atoms with van der Waals surface area (Å²) in [6, 6.07) is 2.06. The molecule has 0 radical (unpaired) electrons. The fourth-order valence-corrected chi connectivity index (χ4v) is 3.70. The first-order valence-electron chi connectivity index (χ1n) is 5.74. The Hall–Kier alpha value is -1.25. The zero-order chi connectivity index (χ0) is 13.1. The van der Waals surface area contributed by atoms with Crippen molar-refractivity contribution in [3.8, 4) is 0 Å². The molecule has 0 amide bonds. The molecule has 3 aromatic heterocycles. The Morgan fingerprint density at radius 2 is 2.32 bits per heavy atom. The van der Waals surface area contributed by atoms with Crippen molar-refractivity contribution in [3.63, 3.8) is 0 Å². The highest BCUT2D eigenvalue weighted by atomic mass is 32.2. The molecule has 19 heavy (non-hydrogen) atoms. The molecule has 8 heteroatoms. The number of hydrogen-bond acceptors (Lipinski definition) is 8. The predicted molar refractivity (Wildman–Crippen MR) is 81.0 cm³/mol. The number of thioether (sulfide) groups is 1. The van der Waals surface area contributed by atoms with Crippen molar-refractivity contribution in [1.82, 2.24) is 19.3 Å². The standard InChI is InChI=1S/C11H11N5S3/c1-2-12-9-7-3-4-17-10(7)16-8(15-9)5-18-11-13-6-14-19-11/h3-4,6H,2,5H2,1H3,(H,12,15,16). The minimum absolute atomic E-state index is 0.710. The van der Waals surface area contributed by atoms with Crippen LogP contribution in [0.25, 0.3) is 10.2 Å². The normalized spacial score (nSPS) is 11.0. The van der Waals surface area contributed by atoms with Gasteiger partial charge in [-0.05, 0) is 29.9 Å². The molecule has 5 nitrogen and oxygen atoms in total. The van der Waals surface area contributed by atoms with E-state index in [0.29, 0.717) is 5.75 Å². The van der Waals surface area contributed by atoms with E-state index in [1.165, 1.54) is 11.5 Å². The van der Waals surface area contributed by atoms with E-state index in [-0.39, 0.29) is 0 Å². The highest BCUT2D eigenvalue weighted by Gasteiger charge is 2.09. The van der Waals surface area contributed by atoms with Crippen LogP contribution in [0.3, 0.4) is 0 Å². The maximum Gasteiger partial charge on any atom is 0.170 e. The first kappa shape index (κ1) is 12.8. The quantitative estimate of drug-likeness (QED) is 0.730. The van der Waals surface area contributed by atoms with E-state index in [0.717, 1.165) is 32.7 Å². The van der Waals surface area contributed by atoms with Gasteiger partial charge in [0.25, 0.3) is 0 Å². The third-order valence-corrected chi connectivity index (χ3v) is 4.98. The van der Waals surface area contributed by atoms with Gasteiger partial charge in [-0.15, -0.1) is 11.3 Å². The second kappa shape index (κ2) is 5.81. The smallest absolute Gasteiger partial charge is 0.170 e. The molecule has 3 rings (SSSR count). The van der Waals surface area contributed by atoms with E-state index in [4.69, 9.17) is 0 Å². The Labute approximate surface area is 122 Å². The lowest BCUT2D eigenvalue weighted by atomic mass is 10.3. The Kier molecular flexibility index (Phi) is 3.90. The van der Waals surface area contributed by atoms with Crippen LogP contribution in [0.5, 0.6) is 0 Å².